The fraction of sp³-hybridized carbons (Fsp3) is 0.467. The van der Waals surface area contributed by atoms with E-state index in [-0.39, 0.29) is 24.1 Å². The van der Waals surface area contributed by atoms with Crippen molar-refractivity contribution in [2.45, 2.75) is 39.2 Å². The first-order chi connectivity index (χ1) is 9.49. The highest BCUT2D eigenvalue weighted by Gasteiger charge is 2.27. The summed E-state index contributed by atoms with van der Waals surface area (Å²) < 4.78 is 18.8. The summed E-state index contributed by atoms with van der Waals surface area (Å²) >= 11 is 0. The Morgan fingerprint density at radius 2 is 1.95 bits per heavy atom. The van der Waals surface area contributed by atoms with Crippen LogP contribution in [0.15, 0.2) is 28.8 Å². The second-order valence-electron chi connectivity index (χ2n) is 5.33. The lowest BCUT2D eigenvalue weighted by Crippen LogP contribution is -2.20. The van der Waals surface area contributed by atoms with Gasteiger partial charge in [0, 0.05) is 6.42 Å². The summed E-state index contributed by atoms with van der Waals surface area (Å²) in [5.41, 5.74) is 0.526. The maximum atomic E-state index is 13.6. The van der Waals surface area contributed by atoms with E-state index in [4.69, 9.17) is 4.52 Å². The molecule has 2 rings (SSSR count). The molecule has 20 heavy (non-hydrogen) atoms. The maximum absolute atomic E-state index is 13.6. The monoisotopic (exact) mass is 278 g/mol. The van der Waals surface area contributed by atoms with Crippen LogP contribution in [0.25, 0.3) is 0 Å². The first-order valence-corrected chi connectivity index (χ1v) is 6.73. The van der Waals surface area contributed by atoms with Gasteiger partial charge in [-0.25, -0.2) is 4.39 Å². The summed E-state index contributed by atoms with van der Waals surface area (Å²) in [6.45, 7) is 5.67. The Hall–Kier alpha value is -1.75. The Kier molecular flexibility index (Phi) is 4.49. The lowest BCUT2D eigenvalue weighted by molar-refractivity contribution is 0.120. The van der Waals surface area contributed by atoms with Crippen LogP contribution in [0.1, 0.15) is 44.0 Å². The maximum Gasteiger partial charge on any atom is 0.232 e. The molecule has 4 nitrogen and oxygen atoms in total. The number of halogens is 1. The molecule has 108 valence electrons. The van der Waals surface area contributed by atoms with E-state index in [1.165, 1.54) is 6.07 Å². The molecule has 1 heterocycles. The van der Waals surface area contributed by atoms with Crippen LogP contribution in [0.5, 0.6) is 0 Å². The minimum absolute atomic E-state index is 0.178. The molecular weight excluding hydrogens is 259 g/mol. The molecule has 0 saturated heterocycles. The molecule has 5 heteroatoms. The quantitative estimate of drug-likeness (QED) is 0.913. The fourth-order valence-electron chi connectivity index (χ4n) is 2.34. The highest BCUT2D eigenvalue weighted by Crippen LogP contribution is 2.26. The molecule has 2 aromatic rings. The van der Waals surface area contributed by atoms with Gasteiger partial charge in [-0.2, -0.15) is 4.98 Å². The van der Waals surface area contributed by atoms with Crippen molar-refractivity contribution >= 4 is 0 Å². The topological polar surface area (TPSA) is 59.2 Å². The van der Waals surface area contributed by atoms with Gasteiger partial charge >= 0.3 is 0 Å². The third kappa shape index (κ3) is 3.22. The minimum Gasteiger partial charge on any atom is -0.393 e. The third-order valence-electron chi connectivity index (χ3n) is 3.31. The number of benzene rings is 1. The smallest absolute Gasteiger partial charge is 0.232 e. The van der Waals surface area contributed by atoms with E-state index in [0.29, 0.717) is 17.3 Å². The summed E-state index contributed by atoms with van der Waals surface area (Å²) in [6, 6.07) is 6.51. The minimum atomic E-state index is -0.572. The van der Waals surface area contributed by atoms with Crippen molar-refractivity contribution in [2.75, 3.05) is 0 Å². The van der Waals surface area contributed by atoms with Gasteiger partial charge in [0.1, 0.15) is 5.82 Å². The first-order valence-electron chi connectivity index (χ1n) is 6.73. The van der Waals surface area contributed by atoms with E-state index in [1.54, 1.807) is 25.1 Å². The third-order valence-corrected chi connectivity index (χ3v) is 3.31. The second kappa shape index (κ2) is 6.13. The second-order valence-corrected chi connectivity index (χ2v) is 5.33. The average molecular weight is 278 g/mol. The molecule has 0 radical (unpaired) electrons. The van der Waals surface area contributed by atoms with Crippen molar-refractivity contribution in [1.82, 2.24) is 10.1 Å². The number of aliphatic hydroxyl groups is 1. The SMILES string of the molecule is CC(C)C(c1nc(Cc2ccccc2F)no1)C(C)O. The fourth-order valence-corrected chi connectivity index (χ4v) is 2.34. The predicted molar refractivity (Wildman–Crippen MR) is 72.8 cm³/mol. The molecule has 2 atom stereocenters. The normalized spacial score (nSPS) is 14.5. The van der Waals surface area contributed by atoms with E-state index >= 15 is 0 Å². The summed E-state index contributed by atoms with van der Waals surface area (Å²) in [7, 11) is 0. The first kappa shape index (κ1) is 14.7. The number of hydrogen-bond donors (Lipinski definition) is 1. The standard InChI is InChI=1S/C15H19FN2O2/c1-9(2)14(10(3)19)15-17-13(18-20-15)8-11-6-4-5-7-12(11)16/h4-7,9-10,14,19H,8H2,1-3H3. The summed E-state index contributed by atoms with van der Waals surface area (Å²) in [4.78, 5) is 4.29. The van der Waals surface area contributed by atoms with E-state index in [0.717, 1.165) is 0 Å². The summed E-state index contributed by atoms with van der Waals surface area (Å²) in [6.07, 6.45) is -0.294. The number of aromatic nitrogens is 2. The van der Waals surface area contributed by atoms with Crippen LogP contribution in [0, 0.1) is 11.7 Å². The van der Waals surface area contributed by atoms with Gasteiger partial charge in [-0.1, -0.05) is 37.2 Å². The van der Waals surface area contributed by atoms with E-state index < -0.39 is 6.10 Å². The predicted octanol–water partition coefficient (Wildman–Crippen LogP) is 2.92. The zero-order valence-electron chi connectivity index (χ0n) is 11.9. The van der Waals surface area contributed by atoms with Crippen LogP contribution >= 0.6 is 0 Å². The molecule has 0 aliphatic carbocycles. The van der Waals surface area contributed by atoms with Crippen LogP contribution in [-0.2, 0) is 6.42 Å². The van der Waals surface area contributed by atoms with Gasteiger partial charge in [-0.3, -0.25) is 0 Å². The van der Waals surface area contributed by atoms with Crippen molar-refractivity contribution in [3.63, 3.8) is 0 Å². The highest BCUT2D eigenvalue weighted by molar-refractivity contribution is 5.20. The molecule has 0 saturated carbocycles. The summed E-state index contributed by atoms with van der Waals surface area (Å²) in [5, 5.41) is 13.7. The molecular formula is C15H19FN2O2. The molecule has 0 aliphatic heterocycles. The zero-order valence-corrected chi connectivity index (χ0v) is 11.9. The molecule has 0 spiro atoms. The Balaban J connectivity index is 2.19. The lowest BCUT2D eigenvalue weighted by atomic mass is 9.91. The van der Waals surface area contributed by atoms with Crippen LogP contribution in [0.4, 0.5) is 4.39 Å². The lowest BCUT2D eigenvalue weighted by Gasteiger charge is -2.19. The molecule has 0 fully saturated rings. The molecule has 0 aliphatic rings. The van der Waals surface area contributed by atoms with Crippen LogP contribution in [-0.4, -0.2) is 21.4 Å². The molecule has 1 aromatic carbocycles. The zero-order chi connectivity index (χ0) is 14.7. The number of rotatable bonds is 5. The van der Waals surface area contributed by atoms with Gasteiger partial charge in [0.15, 0.2) is 5.82 Å². The van der Waals surface area contributed by atoms with Crippen molar-refractivity contribution in [3.05, 3.63) is 47.4 Å². The van der Waals surface area contributed by atoms with Gasteiger partial charge in [-0.15, -0.1) is 0 Å². The average Bonchev–Trinajstić information content (AvgIpc) is 2.79. The Bertz CT molecular complexity index is 559. The van der Waals surface area contributed by atoms with Crippen molar-refractivity contribution < 1.29 is 14.0 Å². The molecule has 0 bridgehead atoms. The van der Waals surface area contributed by atoms with Gasteiger partial charge in [0.05, 0.1) is 12.0 Å². The molecule has 1 aromatic heterocycles. The Morgan fingerprint density at radius 3 is 2.55 bits per heavy atom. The molecule has 1 N–H and O–H groups in total. The van der Waals surface area contributed by atoms with Crippen LogP contribution in [0.3, 0.4) is 0 Å². The van der Waals surface area contributed by atoms with Crippen LogP contribution < -0.4 is 0 Å². The van der Waals surface area contributed by atoms with Crippen molar-refractivity contribution in [1.29, 1.82) is 0 Å². The van der Waals surface area contributed by atoms with Gasteiger partial charge in [0.25, 0.3) is 0 Å². The van der Waals surface area contributed by atoms with Crippen LogP contribution in [0.2, 0.25) is 0 Å². The van der Waals surface area contributed by atoms with Crippen molar-refractivity contribution in [2.24, 2.45) is 5.92 Å². The van der Waals surface area contributed by atoms with Gasteiger partial charge in [-0.05, 0) is 24.5 Å². The Morgan fingerprint density at radius 1 is 1.25 bits per heavy atom. The van der Waals surface area contributed by atoms with E-state index in [2.05, 4.69) is 10.1 Å². The largest absolute Gasteiger partial charge is 0.393 e. The molecule has 2 unspecified atom stereocenters. The highest BCUT2D eigenvalue weighted by atomic mass is 19.1. The van der Waals surface area contributed by atoms with Gasteiger partial charge in [0.2, 0.25) is 5.89 Å². The molecule has 0 amide bonds. The van der Waals surface area contributed by atoms with Gasteiger partial charge < -0.3 is 9.63 Å². The number of nitrogens with zero attached hydrogens (tertiary/aromatic N) is 2. The van der Waals surface area contributed by atoms with E-state index in [1.807, 2.05) is 13.8 Å². The Labute approximate surface area is 117 Å². The van der Waals surface area contributed by atoms with E-state index in [9.17, 15) is 9.50 Å². The number of hydrogen-bond acceptors (Lipinski definition) is 4. The van der Waals surface area contributed by atoms with Crippen molar-refractivity contribution in [3.8, 4) is 0 Å². The summed E-state index contributed by atoms with van der Waals surface area (Å²) in [5.74, 6) is 0.515. The number of aliphatic hydroxyl groups excluding tert-OH is 1.